The molecule has 19 heavy (non-hydrogen) atoms. The largest absolute Gasteiger partial charge is 0.377 e. The van der Waals surface area contributed by atoms with Gasteiger partial charge >= 0.3 is 0 Å². The van der Waals surface area contributed by atoms with Gasteiger partial charge in [0.25, 0.3) is 0 Å². The third-order valence-corrected chi connectivity index (χ3v) is 3.94. The van der Waals surface area contributed by atoms with Gasteiger partial charge in [-0.2, -0.15) is 0 Å². The summed E-state index contributed by atoms with van der Waals surface area (Å²) in [5, 5.41) is 3.47. The summed E-state index contributed by atoms with van der Waals surface area (Å²) in [6, 6.07) is 2.42. The molecule has 3 rings (SSSR count). The van der Waals surface area contributed by atoms with Crippen LogP contribution in [-0.4, -0.2) is 53.3 Å². The van der Waals surface area contributed by atoms with Gasteiger partial charge in [0.1, 0.15) is 12.1 Å². The van der Waals surface area contributed by atoms with Gasteiger partial charge < -0.3 is 10.1 Å². The molecule has 0 bridgehead atoms. The van der Waals surface area contributed by atoms with E-state index < -0.39 is 0 Å². The van der Waals surface area contributed by atoms with E-state index in [4.69, 9.17) is 4.74 Å². The minimum atomic E-state index is 0.451. The molecule has 0 aliphatic carbocycles. The Hall–Kier alpha value is -1.20. The second kappa shape index (κ2) is 6.30. The average molecular weight is 262 g/mol. The van der Waals surface area contributed by atoms with E-state index in [1.54, 1.807) is 12.5 Å². The zero-order valence-electron chi connectivity index (χ0n) is 11.3. The van der Waals surface area contributed by atoms with Crippen LogP contribution in [0.25, 0.3) is 0 Å². The molecule has 2 fully saturated rings. The van der Waals surface area contributed by atoms with Gasteiger partial charge in [0.05, 0.1) is 6.10 Å². The van der Waals surface area contributed by atoms with E-state index in [0.29, 0.717) is 12.1 Å². The fourth-order valence-electron chi connectivity index (χ4n) is 2.94. The molecule has 2 aliphatic rings. The van der Waals surface area contributed by atoms with Gasteiger partial charge in [-0.25, -0.2) is 9.97 Å². The fraction of sp³-hybridized carbons (Fsp3) is 0.714. The van der Waals surface area contributed by atoms with Crippen molar-refractivity contribution in [3.8, 4) is 0 Å². The molecule has 0 aromatic carbocycles. The highest BCUT2D eigenvalue weighted by Gasteiger charge is 2.25. The van der Waals surface area contributed by atoms with Crippen LogP contribution in [0.4, 0.5) is 5.82 Å². The molecule has 2 unspecified atom stereocenters. The zero-order valence-corrected chi connectivity index (χ0v) is 11.3. The number of ether oxygens (including phenoxy) is 1. The quantitative estimate of drug-likeness (QED) is 0.892. The second-order valence-corrected chi connectivity index (χ2v) is 5.47. The number of hydrogen-bond acceptors (Lipinski definition) is 5. The second-order valence-electron chi connectivity index (χ2n) is 5.47. The standard InChI is InChI=1S/C14H22N4O/c1-2-8-19-13(3-1)10-18-7-5-12(9-18)17-14-4-6-15-11-16-14/h4,6,11-13H,1-3,5,7-10H2,(H,15,16,17). The van der Waals surface area contributed by atoms with Crippen molar-refractivity contribution in [3.63, 3.8) is 0 Å². The Kier molecular flexibility index (Phi) is 4.25. The molecule has 3 heterocycles. The third kappa shape index (κ3) is 3.64. The van der Waals surface area contributed by atoms with E-state index >= 15 is 0 Å². The first-order valence-electron chi connectivity index (χ1n) is 7.26. The topological polar surface area (TPSA) is 50.3 Å². The summed E-state index contributed by atoms with van der Waals surface area (Å²) >= 11 is 0. The number of likely N-dealkylation sites (tertiary alicyclic amines) is 1. The van der Waals surface area contributed by atoms with Crippen LogP contribution in [0.5, 0.6) is 0 Å². The molecule has 1 aromatic rings. The van der Waals surface area contributed by atoms with Crippen LogP contribution in [-0.2, 0) is 4.74 Å². The van der Waals surface area contributed by atoms with Crippen molar-refractivity contribution in [1.29, 1.82) is 0 Å². The zero-order chi connectivity index (χ0) is 12.9. The van der Waals surface area contributed by atoms with Crippen molar-refractivity contribution in [1.82, 2.24) is 14.9 Å². The first-order valence-corrected chi connectivity index (χ1v) is 7.26. The summed E-state index contributed by atoms with van der Waals surface area (Å²) in [6.07, 6.45) is 8.77. The molecule has 104 valence electrons. The number of aromatic nitrogens is 2. The number of anilines is 1. The van der Waals surface area contributed by atoms with Crippen LogP contribution < -0.4 is 5.32 Å². The van der Waals surface area contributed by atoms with Crippen molar-refractivity contribution in [2.45, 2.75) is 37.8 Å². The highest BCUT2D eigenvalue weighted by molar-refractivity contribution is 5.33. The van der Waals surface area contributed by atoms with E-state index in [1.165, 1.54) is 25.7 Å². The van der Waals surface area contributed by atoms with Gasteiger partial charge in [0.15, 0.2) is 0 Å². The maximum absolute atomic E-state index is 5.81. The number of rotatable bonds is 4. The van der Waals surface area contributed by atoms with Crippen molar-refractivity contribution < 1.29 is 4.74 Å². The highest BCUT2D eigenvalue weighted by Crippen LogP contribution is 2.18. The maximum atomic E-state index is 5.81. The summed E-state index contributed by atoms with van der Waals surface area (Å²) in [7, 11) is 0. The molecule has 2 atom stereocenters. The lowest BCUT2D eigenvalue weighted by atomic mass is 10.1. The third-order valence-electron chi connectivity index (χ3n) is 3.94. The van der Waals surface area contributed by atoms with Gasteiger partial charge in [0.2, 0.25) is 0 Å². The molecule has 1 N–H and O–H groups in total. The molecule has 0 spiro atoms. The van der Waals surface area contributed by atoms with Crippen LogP contribution in [0.1, 0.15) is 25.7 Å². The Morgan fingerprint density at radius 1 is 1.37 bits per heavy atom. The van der Waals surface area contributed by atoms with E-state index in [2.05, 4.69) is 20.2 Å². The summed E-state index contributed by atoms with van der Waals surface area (Å²) in [6.45, 7) is 4.27. The van der Waals surface area contributed by atoms with E-state index in [9.17, 15) is 0 Å². The molecular formula is C14H22N4O. The molecule has 2 aliphatic heterocycles. The van der Waals surface area contributed by atoms with Crippen molar-refractivity contribution in [2.75, 3.05) is 31.6 Å². The van der Waals surface area contributed by atoms with Crippen LogP contribution in [0, 0.1) is 0 Å². The maximum Gasteiger partial charge on any atom is 0.129 e. The molecule has 0 amide bonds. The lowest BCUT2D eigenvalue weighted by molar-refractivity contribution is -0.00192. The smallest absolute Gasteiger partial charge is 0.129 e. The average Bonchev–Trinajstić information content (AvgIpc) is 2.88. The van der Waals surface area contributed by atoms with Gasteiger partial charge in [-0.05, 0) is 31.7 Å². The van der Waals surface area contributed by atoms with E-state index in [-0.39, 0.29) is 0 Å². The summed E-state index contributed by atoms with van der Waals surface area (Å²) in [5.74, 6) is 0.927. The van der Waals surface area contributed by atoms with Crippen LogP contribution in [0.15, 0.2) is 18.6 Å². The van der Waals surface area contributed by atoms with Crippen molar-refractivity contribution in [3.05, 3.63) is 18.6 Å². The predicted octanol–water partition coefficient (Wildman–Crippen LogP) is 1.53. The minimum absolute atomic E-state index is 0.451. The van der Waals surface area contributed by atoms with Crippen LogP contribution in [0.3, 0.4) is 0 Å². The molecule has 5 heteroatoms. The Morgan fingerprint density at radius 3 is 3.16 bits per heavy atom. The Balaban J connectivity index is 1.44. The SMILES string of the molecule is c1cc(NC2CCN(CC3CCCCO3)C2)ncn1. The Bertz CT molecular complexity index is 380. The van der Waals surface area contributed by atoms with Crippen molar-refractivity contribution >= 4 is 5.82 Å². The van der Waals surface area contributed by atoms with Gasteiger partial charge in [-0.15, -0.1) is 0 Å². The normalized spacial score (nSPS) is 28.4. The van der Waals surface area contributed by atoms with Crippen LogP contribution >= 0.6 is 0 Å². The first kappa shape index (κ1) is 12.8. The van der Waals surface area contributed by atoms with E-state index in [1.807, 2.05) is 6.07 Å². The van der Waals surface area contributed by atoms with E-state index in [0.717, 1.165) is 32.1 Å². The monoisotopic (exact) mass is 262 g/mol. The number of hydrogen-bond donors (Lipinski definition) is 1. The molecular weight excluding hydrogens is 240 g/mol. The van der Waals surface area contributed by atoms with Gasteiger partial charge in [-0.1, -0.05) is 0 Å². The number of nitrogens with zero attached hydrogens (tertiary/aromatic N) is 3. The fourth-order valence-corrected chi connectivity index (χ4v) is 2.94. The molecule has 0 saturated carbocycles. The molecule has 0 radical (unpaired) electrons. The first-order chi connectivity index (χ1) is 9.40. The lowest BCUT2D eigenvalue weighted by Crippen LogP contribution is -2.35. The predicted molar refractivity (Wildman–Crippen MR) is 74.1 cm³/mol. The minimum Gasteiger partial charge on any atom is -0.377 e. The van der Waals surface area contributed by atoms with Crippen LogP contribution in [0.2, 0.25) is 0 Å². The Morgan fingerprint density at radius 2 is 2.37 bits per heavy atom. The summed E-state index contributed by atoms with van der Waals surface area (Å²) < 4.78 is 5.81. The molecule has 5 nitrogen and oxygen atoms in total. The summed E-state index contributed by atoms with van der Waals surface area (Å²) in [4.78, 5) is 10.7. The Labute approximate surface area is 114 Å². The molecule has 2 saturated heterocycles. The van der Waals surface area contributed by atoms with Crippen molar-refractivity contribution in [2.24, 2.45) is 0 Å². The summed E-state index contributed by atoms with van der Waals surface area (Å²) in [5.41, 5.74) is 0. The van der Waals surface area contributed by atoms with Gasteiger partial charge in [-0.3, -0.25) is 4.90 Å². The number of nitrogens with one attached hydrogen (secondary N) is 1. The molecule has 1 aromatic heterocycles. The lowest BCUT2D eigenvalue weighted by Gasteiger charge is -2.27. The highest BCUT2D eigenvalue weighted by atomic mass is 16.5. The van der Waals surface area contributed by atoms with Gasteiger partial charge in [0, 0.05) is 38.5 Å².